The second-order valence-corrected chi connectivity index (χ2v) is 11.3. The van der Waals surface area contributed by atoms with E-state index in [9.17, 15) is 18.0 Å². The number of thiazole rings is 1. The predicted octanol–water partition coefficient (Wildman–Crippen LogP) is 3.52. The molecule has 182 valence electrons. The summed E-state index contributed by atoms with van der Waals surface area (Å²) in [5.74, 6) is -0.144. The van der Waals surface area contributed by atoms with Crippen LogP contribution in [0, 0.1) is 0 Å². The highest BCUT2D eigenvalue weighted by molar-refractivity contribution is 7.92. The maximum absolute atomic E-state index is 12.7. The summed E-state index contributed by atoms with van der Waals surface area (Å²) in [6.45, 7) is 7.57. The van der Waals surface area contributed by atoms with E-state index in [1.165, 1.54) is 23.5 Å². The lowest BCUT2D eigenvalue weighted by Gasteiger charge is -2.08. The minimum absolute atomic E-state index is 0.000145. The van der Waals surface area contributed by atoms with Crippen molar-refractivity contribution in [3.8, 4) is 5.75 Å². The summed E-state index contributed by atoms with van der Waals surface area (Å²) in [5.41, 5.74) is 1.39. The van der Waals surface area contributed by atoms with Gasteiger partial charge in [0, 0.05) is 0 Å². The molecule has 3 aromatic rings. The lowest BCUT2D eigenvalue weighted by atomic mass is 10.1. The Hall–Kier alpha value is -2.98. The van der Waals surface area contributed by atoms with E-state index in [-0.39, 0.29) is 24.5 Å². The number of hydrogen-bond acceptors (Lipinski definition) is 7. The van der Waals surface area contributed by atoms with Gasteiger partial charge >= 0.3 is 5.97 Å². The van der Waals surface area contributed by atoms with Crippen molar-refractivity contribution >= 4 is 43.3 Å². The van der Waals surface area contributed by atoms with Gasteiger partial charge < -0.3 is 14.0 Å². The molecular formula is C24H28N2O6S2. The molecule has 0 radical (unpaired) electrons. The zero-order valence-corrected chi connectivity index (χ0v) is 21.2. The van der Waals surface area contributed by atoms with Crippen molar-refractivity contribution in [2.24, 2.45) is 4.99 Å². The summed E-state index contributed by atoms with van der Waals surface area (Å²) in [4.78, 5) is 29.8. The first-order chi connectivity index (χ1) is 16.1. The number of benzene rings is 2. The number of carbonyl (C=O) groups excluding carboxylic acids is 2. The predicted molar refractivity (Wildman–Crippen MR) is 131 cm³/mol. The lowest BCUT2D eigenvalue weighted by Crippen LogP contribution is -2.23. The van der Waals surface area contributed by atoms with E-state index >= 15 is 0 Å². The maximum atomic E-state index is 12.7. The molecule has 1 heterocycles. The van der Waals surface area contributed by atoms with Gasteiger partial charge in [-0.1, -0.05) is 23.5 Å². The second kappa shape index (κ2) is 11.0. The number of amides is 1. The molecule has 0 saturated heterocycles. The molecule has 3 rings (SSSR count). The van der Waals surface area contributed by atoms with Crippen LogP contribution in [0.15, 0.2) is 52.4 Å². The fourth-order valence-electron chi connectivity index (χ4n) is 3.27. The van der Waals surface area contributed by atoms with Crippen molar-refractivity contribution in [3.05, 3.63) is 52.8 Å². The monoisotopic (exact) mass is 504 g/mol. The fraction of sp³-hybridized carbons (Fsp3) is 0.375. The topological polar surface area (TPSA) is 104 Å². The quantitative estimate of drug-likeness (QED) is 0.413. The standard InChI is InChI=1S/C24H28N2O6S2/c1-5-31-18-9-12-20-21(14-18)33-24(26(20)15-23(28)32-6-2)25-22(27)13-17-7-10-19(11-8-17)34(29,30)16(3)4/h7-12,14,16H,5-6,13,15H2,1-4H3. The first-order valence-electron chi connectivity index (χ1n) is 11.0. The fourth-order valence-corrected chi connectivity index (χ4v) is 5.41. The summed E-state index contributed by atoms with van der Waals surface area (Å²) in [6.07, 6.45) is -0.000145. The average molecular weight is 505 g/mol. The summed E-state index contributed by atoms with van der Waals surface area (Å²) < 4.78 is 37.7. The Kier molecular flexibility index (Phi) is 8.27. The van der Waals surface area contributed by atoms with Crippen LogP contribution in [0.5, 0.6) is 5.75 Å². The molecule has 0 spiro atoms. The molecule has 0 unspecified atom stereocenters. The third-order valence-electron chi connectivity index (χ3n) is 5.01. The number of hydrogen-bond donors (Lipinski definition) is 0. The minimum atomic E-state index is -3.38. The van der Waals surface area contributed by atoms with Crippen molar-refractivity contribution in [1.82, 2.24) is 4.57 Å². The Morgan fingerprint density at radius 2 is 1.76 bits per heavy atom. The molecule has 0 saturated carbocycles. The Labute approximate surface area is 202 Å². The van der Waals surface area contributed by atoms with Crippen LogP contribution >= 0.6 is 11.3 Å². The highest BCUT2D eigenvalue weighted by Gasteiger charge is 2.19. The molecule has 2 aromatic carbocycles. The van der Waals surface area contributed by atoms with E-state index in [4.69, 9.17) is 9.47 Å². The van der Waals surface area contributed by atoms with Gasteiger partial charge in [0.2, 0.25) is 0 Å². The van der Waals surface area contributed by atoms with Crippen molar-refractivity contribution in [3.63, 3.8) is 0 Å². The molecule has 0 aliphatic heterocycles. The van der Waals surface area contributed by atoms with E-state index in [2.05, 4.69) is 4.99 Å². The van der Waals surface area contributed by atoms with Gasteiger partial charge in [0.05, 0.1) is 40.0 Å². The maximum Gasteiger partial charge on any atom is 0.326 e. The van der Waals surface area contributed by atoms with Gasteiger partial charge in [0.15, 0.2) is 14.6 Å². The number of esters is 1. The lowest BCUT2D eigenvalue weighted by molar-refractivity contribution is -0.143. The molecule has 1 aromatic heterocycles. The van der Waals surface area contributed by atoms with E-state index in [1.54, 1.807) is 43.5 Å². The van der Waals surface area contributed by atoms with E-state index < -0.39 is 27.0 Å². The van der Waals surface area contributed by atoms with Crippen LogP contribution in [0.3, 0.4) is 0 Å². The number of fused-ring (bicyclic) bond motifs is 1. The van der Waals surface area contributed by atoms with Gasteiger partial charge in [-0.2, -0.15) is 4.99 Å². The molecule has 1 amide bonds. The van der Waals surface area contributed by atoms with Gasteiger partial charge in [0.1, 0.15) is 12.3 Å². The van der Waals surface area contributed by atoms with Crippen LogP contribution in [0.2, 0.25) is 0 Å². The third kappa shape index (κ3) is 5.92. The Morgan fingerprint density at radius 1 is 1.06 bits per heavy atom. The average Bonchev–Trinajstić information content (AvgIpc) is 3.10. The molecule has 34 heavy (non-hydrogen) atoms. The van der Waals surface area contributed by atoms with Gasteiger partial charge in [-0.25, -0.2) is 8.42 Å². The van der Waals surface area contributed by atoms with Gasteiger partial charge in [-0.15, -0.1) is 0 Å². The number of carbonyl (C=O) groups is 2. The van der Waals surface area contributed by atoms with Gasteiger partial charge in [-0.05, 0) is 63.6 Å². The molecule has 0 bridgehead atoms. The molecule has 10 heteroatoms. The van der Waals surface area contributed by atoms with Crippen LogP contribution in [0.25, 0.3) is 10.2 Å². The van der Waals surface area contributed by atoms with E-state index in [0.29, 0.717) is 22.7 Å². The third-order valence-corrected chi connectivity index (χ3v) is 8.22. The molecular weight excluding hydrogens is 476 g/mol. The Bertz CT molecular complexity index is 1350. The van der Waals surface area contributed by atoms with Crippen molar-refractivity contribution in [2.75, 3.05) is 13.2 Å². The van der Waals surface area contributed by atoms with E-state index in [1.807, 2.05) is 19.1 Å². The zero-order valence-electron chi connectivity index (χ0n) is 19.6. The zero-order chi connectivity index (χ0) is 24.9. The normalized spacial score (nSPS) is 12.3. The number of nitrogens with zero attached hydrogens (tertiary/aromatic N) is 2. The first kappa shape index (κ1) is 25.6. The SMILES string of the molecule is CCOC(=O)Cn1c(=NC(=O)Cc2ccc(S(=O)(=O)C(C)C)cc2)sc2cc(OCC)ccc21. The molecule has 0 atom stereocenters. The minimum Gasteiger partial charge on any atom is -0.494 e. The summed E-state index contributed by atoms with van der Waals surface area (Å²) >= 11 is 1.28. The van der Waals surface area contributed by atoms with E-state index in [0.717, 1.165) is 10.2 Å². The molecule has 0 aliphatic carbocycles. The van der Waals surface area contributed by atoms with Crippen LogP contribution < -0.4 is 9.54 Å². The summed E-state index contributed by atoms with van der Waals surface area (Å²) in [7, 11) is -3.38. The van der Waals surface area contributed by atoms with Crippen molar-refractivity contribution in [2.45, 2.75) is 50.8 Å². The van der Waals surface area contributed by atoms with Gasteiger partial charge in [0.25, 0.3) is 5.91 Å². The van der Waals surface area contributed by atoms with Crippen LogP contribution in [-0.2, 0) is 37.1 Å². The van der Waals surface area contributed by atoms with Crippen molar-refractivity contribution in [1.29, 1.82) is 0 Å². The summed E-state index contributed by atoms with van der Waals surface area (Å²) in [5, 5.41) is -0.527. The summed E-state index contributed by atoms with van der Waals surface area (Å²) in [6, 6.07) is 11.7. The molecule has 0 aliphatic rings. The number of ether oxygens (including phenoxy) is 2. The number of sulfone groups is 1. The molecule has 0 N–H and O–H groups in total. The smallest absolute Gasteiger partial charge is 0.326 e. The van der Waals surface area contributed by atoms with Crippen LogP contribution in [0.1, 0.15) is 33.3 Å². The Morgan fingerprint density at radius 3 is 2.38 bits per heavy atom. The van der Waals surface area contributed by atoms with Crippen molar-refractivity contribution < 1.29 is 27.5 Å². The molecule has 0 fully saturated rings. The Balaban J connectivity index is 1.93. The highest BCUT2D eigenvalue weighted by atomic mass is 32.2. The van der Waals surface area contributed by atoms with Gasteiger partial charge in [-0.3, -0.25) is 9.59 Å². The highest BCUT2D eigenvalue weighted by Crippen LogP contribution is 2.24. The number of rotatable bonds is 9. The van der Waals surface area contributed by atoms with Crippen LogP contribution in [-0.4, -0.2) is 43.3 Å². The first-order valence-corrected chi connectivity index (χ1v) is 13.3. The van der Waals surface area contributed by atoms with Crippen LogP contribution in [0.4, 0.5) is 0 Å². The largest absolute Gasteiger partial charge is 0.494 e. The second-order valence-electron chi connectivity index (χ2n) is 7.76. The number of aromatic nitrogens is 1. The molecule has 8 nitrogen and oxygen atoms in total.